The number of nitrogens with zero attached hydrogens (tertiary/aromatic N) is 1. The fraction of sp³-hybridized carbons (Fsp3) is 0.107. The first-order valence-corrected chi connectivity index (χ1v) is 11.0. The molecule has 0 fully saturated rings. The average Bonchev–Trinajstić information content (AvgIpc) is 2.85. The molecule has 4 aromatic rings. The molecule has 1 N–H and O–H groups in total. The van der Waals surface area contributed by atoms with Crippen molar-refractivity contribution in [2.45, 2.75) is 19.7 Å². The van der Waals surface area contributed by atoms with Crippen LogP contribution in [0.5, 0.6) is 5.75 Å². The highest BCUT2D eigenvalue weighted by Crippen LogP contribution is 2.29. The Morgan fingerprint density at radius 3 is 2.25 bits per heavy atom. The number of hydrogen-bond donors (Lipinski definition) is 1. The smallest absolute Gasteiger partial charge is 0.405 e. The number of anilines is 1. The minimum atomic E-state index is -5.01. The van der Waals surface area contributed by atoms with E-state index in [9.17, 15) is 22.8 Å². The van der Waals surface area contributed by atoms with Crippen molar-refractivity contribution in [1.82, 2.24) is 4.98 Å². The Morgan fingerprint density at radius 2 is 1.58 bits per heavy atom. The molecule has 1 aromatic heterocycles. The number of nitrogens with one attached hydrogen (secondary N) is 1. The molecular weight excluding hydrogens is 469 g/mol. The summed E-state index contributed by atoms with van der Waals surface area (Å²) in [5, 5.41) is 2.53. The van der Waals surface area contributed by atoms with Crippen LogP contribution in [0.1, 0.15) is 32.0 Å². The fourth-order valence-electron chi connectivity index (χ4n) is 3.63. The number of amides is 1. The van der Waals surface area contributed by atoms with Crippen molar-refractivity contribution in [1.29, 1.82) is 0 Å². The van der Waals surface area contributed by atoms with Crippen LogP contribution >= 0.6 is 0 Å². The van der Waals surface area contributed by atoms with Crippen LogP contribution in [0, 0.1) is 6.92 Å². The highest BCUT2D eigenvalue weighted by Gasteiger charge is 2.33. The normalized spacial score (nSPS) is 11.1. The second kappa shape index (κ2) is 10.4. The highest BCUT2D eigenvalue weighted by atomic mass is 19.4. The van der Waals surface area contributed by atoms with Crippen molar-refractivity contribution < 1.29 is 27.5 Å². The van der Waals surface area contributed by atoms with Crippen molar-refractivity contribution in [2.75, 3.05) is 5.32 Å². The lowest BCUT2D eigenvalue weighted by molar-refractivity contribution is -0.274. The fourth-order valence-corrected chi connectivity index (χ4v) is 3.63. The van der Waals surface area contributed by atoms with Gasteiger partial charge in [0, 0.05) is 18.2 Å². The first kappa shape index (κ1) is 24.7. The van der Waals surface area contributed by atoms with Gasteiger partial charge in [-0.15, -0.1) is 13.2 Å². The Morgan fingerprint density at radius 1 is 0.889 bits per heavy atom. The second-order valence-electron chi connectivity index (χ2n) is 8.01. The molecule has 0 aliphatic carbocycles. The molecule has 0 bridgehead atoms. The zero-order chi connectivity index (χ0) is 25.7. The zero-order valence-corrected chi connectivity index (χ0v) is 19.2. The first-order chi connectivity index (χ1) is 17.2. The van der Waals surface area contributed by atoms with Crippen molar-refractivity contribution in [2.24, 2.45) is 0 Å². The van der Waals surface area contributed by atoms with Crippen molar-refractivity contribution >= 4 is 17.4 Å². The maximum absolute atomic E-state index is 12.9. The number of carbonyl (C=O) groups is 2. The Balaban J connectivity index is 1.57. The van der Waals surface area contributed by atoms with Crippen LogP contribution in [-0.4, -0.2) is 23.0 Å². The van der Waals surface area contributed by atoms with E-state index in [4.69, 9.17) is 0 Å². The number of ketones is 1. The summed E-state index contributed by atoms with van der Waals surface area (Å²) in [6.45, 7) is 1.64. The molecule has 36 heavy (non-hydrogen) atoms. The van der Waals surface area contributed by atoms with E-state index < -0.39 is 23.6 Å². The van der Waals surface area contributed by atoms with E-state index in [-0.39, 0.29) is 17.8 Å². The van der Waals surface area contributed by atoms with Gasteiger partial charge in [0.25, 0.3) is 5.91 Å². The third kappa shape index (κ3) is 6.15. The molecule has 0 saturated carbocycles. The lowest BCUT2D eigenvalue weighted by Gasteiger charge is -2.15. The highest BCUT2D eigenvalue weighted by molar-refractivity contribution is 6.08. The standard InChI is InChI=1S/C28H21F3N2O3/c1-18-24(8-5-15-32-18)33-27(35)23-17-22(13-14-26(23)36-28(29,30)31)25(34)16-19-9-11-21(12-10-19)20-6-3-2-4-7-20/h2-15,17H,16H2,1H3,(H,33,35). The van der Waals surface area contributed by atoms with E-state index >= 15 is 0 Å². The number of rotatable bonds is 7. The predicted octanol–water partition coefficient (Wildman–Crippen LogP) is 6.63. The molecule has 1 heterocycles. The van der Waals surface area contributed by atoms with Gasteiger partial charge in [-0.2, -0.15) is 0 Å². The second-order valence-corrected chi connectivity index (χ2v) is 8.01. The van der Waals surface area contributed by atoms with Crippen LogP contribution in [0.2, 0.25) is 0 Å². The maximum Gasteiger partial charge on any atom is 0.573 e. The topological polar surface area (TPSA) is 68.3 Å². The van der Waals surface area contributed by atoms with E-state index in [1.54, 1.807) is 19.1 Å². The first-order valence-electron chi connectivity index (χ1n) is 11.0. The van der Waals surface area contributed by atoms with Gasteiger partial charge in [-0.3, -0.25) is 14.6 Å². The van der Waals surface area contributed by atoms with Crippen LogP contribution in [0.3, 0.4) is 0 Å². The van der Waals surface area contributed by atoms with Crippen molar-refractivity contribution in [3.8, 4) is 16.9 Å². The number of carbonyl (C=O) groups excluding carboxylic acids is 2. The van der Waals surface area contributed by atoms with Crippen LogP contribution in [0.15, 0.2) is 91.1 Å². The quantitative estimate of drug-likeness (QED) is 0.295. The van der Waals surface area contributed by atoms with E-state index in [1.165, 1.54) is 12.3 Å². The lowest BCUT2D eigenvalue weighted by Crippen LogP contribution is -2.21. The van der Waals surface area contributed by atoms with Gasteiger partial charge >= 0.3 is 6.36 Å². The Bertz CT molecular complexity index is 1390. The summed E-state index contributed by atoms with van der Waals surface area (Å²) in [6, 6.07) is 23.6. The van der Waals surface area contributed by atoms with Crippen LogP contribution in [0.4, 0.5) is 18.9 Å². The Hall–Kier alpha value is -4.46. The zero-order valence-electron chi connectivity index (χ0n) is 19.2. The molecule has 0 saturated heterocycles. The van der Waals surface area contributed by atoms with Gasteiger partial charge in [0.2, 0.25) is 0 Å². The number of hydrogen-bond acceptors (Lipinski definition) is 4. The van der Waals surface area contributed by atoms with E-state index in [1.807, 2.05) is 54.6 Å². The van der Waals surface area contributed by atoms with Gasteiger partial charge in [-0.05, 0) is 53.9 Å². The molecule has 0 aliphatic heterocycles. The molecule has 3 aromatic carbocycles. The number of ether oxygens (including phenoxy) is 1. The lowest BCUT2D eigenvalue weighted by atomic mass is 9.98. The Kier molecular flexibility index (Phi) is 7.15. The molecule has 0 aliphatic rings. The molecule has 8 heteroatoms. The van der Waals surface area contributed by atoms with E-state index in [0.717, 1.165) is 28.8 Å². The summed E-state index contributed by atoms with van der Waals surface area (Å²) in [4.78, 5) is 29.9. The molecule has 0 unspecified atom stereocenters. The third-order valence-electron chi connectivity index (χ3n) is 5.45. The maximum atomic E-state index is 12.9. The largest absolute Gasteiger partial charge is 0.573 e. The molecule has 0 radical (unpaired) electrons. The third-order valence-corrected chi connectivity index (χ3v) is 5.45. The van der Waals surface area contributed by atoms with Gasteiger partial charge in [-0.1, -0.05) is 54.6 Å². The molecule has 5 nitrogen and oxygen atoms in total. The summed E-state index contributed by atoms with van der Waals surface area (Å²) in [7, 11) is 0. The van der Waals surface area contributed by atoms with Crippen molar-refractivity contribution in [3.63, 3.8) is 0 Å². The molecular formula is C28H21F3N2O3. The summed E-state index contributed by atoms with van der Waals surface area (Å²) < 4.78 is 42.9. The molecule has 0 spiro atoms. The van der Waals surface area contributed by atoms with Gasteiger partial charge in [0.15, 0.2) is 5.78 Å². The van der Waals surface area contributed by atoms with Crippen LogP contribution < -0.4 is 10.1 Å². The van der Waals surface area contributed by atoms with Gasteiger partial charge < -0.3 is 10.1 Å². The van der Waals surface area contributed by atoms with Gasteiger partial charge in [-0.25, -0.2) is 0 Å². The monoisotopic (exact) mass is 490 g/mol. The minimum absolute atomic E-state index is 0.0112. The van der Waals surface area contributed by atoms with E-state index in [0.29, 0.717) is 11.4 Å². The van der Waals surface area contributed by atoms with Crippen molar-refractivity contribution in [3.05, 3.63) is 114 Å². The van der Waals surface area contributed by atoms with Gasteiger partial charge in [0.05, 0.1) is 16.9 Å². The summed E-state index contributed by atoms with van der Waals surface area (Å²) in [5.41, 5.74) is 3.24. The number of aromatic nitrogens is 1. The molecule has 1 amide bonds. The number of Topliss-reactive ketones (excluding diaryl/α,β-unsaturated/α-hetero) is 1. The number of pyridine rings is 1. The summed E-state index contributed by atoms with van der Waals surface area (Å²) in [5.74, 6) is -1.91. The van der Waals surface area contributed by atoms with E-state index in [2.05, 4.69) is 15.0 Å². The predicted molar refractivity (Wildman–Crippen MR) is 130 cm³/mol. The van der Waals surface area contributed by atoms with Gasteiger partial charge in [0.1, 0.15) is 5.75 Å². The molecule has 0 atom stereocenters. The van der Waals surface area contributed by atoms with Crippen LogP contribution in [-0.2, 0) is 6.42 Å². The number of benzene rings is 3. The summed E-state index contributed by atoms with van der Waals surface area (Å²) >= 11 is 0. The molecule has 4 rings (SSSR count). The van der Waals surface area contributed by atoms with Crippen LogP contribution in [0.25, 0.3) is 11.1 Å². The Labute approximate surface area is 205 Å². The molecule has 182 valence electrons. The average molecular weight is 490 g/mol. The SMILES string of the molecule is Cc1ncccc1NC(=O)c1cc(C(=O)Cc2ccc(-c3ccccc3)cc2)ccc1OC(F)(F)F. The summed E-state index contributed by atoms with van der Waals surface area (Å²) in [6.07, 6.45) is -3.47. The minimum Gasteiger partial charge on any atom is -0.405 e. The number of aryl methyl sites for hydroxylation is 1. The number of alkyl halides is 3. The number of halogens is 3.